The van der Waals surface area contributed by atoms with Crippen molar-refractivity contribution in [3.63, 3.8) is 0 Å². The van der Waals surface area contributed by atoms with E-state index in [1.165, 1.54) is 11.0 Å². The molecule has 4 nitrogen and oxygen atoms in total. The summed E-state index contributed by atoms with van der Waals surface area (Å²) < 4.78 is 5.00. The van der Waals surface area contributed by atoms with E-state index in [-0.39, 0.29) is 24.5 Å². The Labute approximate surface area is 112 Å². The van der Waals surface area contributed by atoms with E-state index in [1.54, 1.807) is 6.92 Å². The first-order valence-corrected chi connectivity index (χ1v) is 6.29. The molecule has 0 unspecified atom stereocenters. The quantitative estimate of drug-likeness (QED) is 0.780. The fourth-order valence-corrected chi connectivity index (χ4v) is 2.09. The molecule has 0 saturated carbocycles. The van der Waals surface area contributed by atoms with Crippen LogP contribution in [0.15, 0.2) is 43.0 Å². The van der Waals surface area contributed by atoms with Crippen LogP contribution in [0.1, 0.15) is 12.5 Å². The van der Waals surface area contributed by atoms with Crippen LogP contribution in [0, 0.1) is 5.92 Å². The third kappa shape index (κ3) is 2.84. The first-order chi connectivity index (χ1) is 9.13. The maximum atomic E-state index is 12.1. The van der Waals surface area contributed by atoms with Crippen LogP contribution in [-0.4, -0.2) is 29.5 Å². The van der Waals surface area contributed by atoms with Gasteiger partial charge in [-0.25, -0.2) is 9.69 Å². The first-order valence-electron chi connectivity index (χ1n) is 6.29. The minimum atomic E-state index is -0.556. The Morgan fingerprint density at radius 2 is 2.21 bits per heavy atom. The van der Waals surface area contributed by atoms with Gasteiger partial charge in [-0.2, -0.15) is 0 Å². The summed E-state index contributed by atoms with van der Waals surface area (Å²) in [5, 5.41) is 0. The van der Waals surface area contributed by atoms with E-state index in [9.17, 15) is 9.59 Å². The van der Waals surface area contributed by atoms with Crippen molar-refractivity contribution in [2.75, 3.05) is 6.61 Å². The normalized spacial score (nSPS) is 19.9. The minimum Gasteiger partial charge on any atom is -0.447 e. The Morgan fingerprint density at radius 3 is 2.84 bits per heavy atom. The number of rotatable bonds is 4. The molecule has 1 aliphatic heterocycles. The van der Waals surface area contributed by atoms with Crippen molar-refractivity contribution in [3.05, 3.63) is 48.6 Å². The van der Waals surface area contributed by atoms with Crippen LogP contribution < -0.4 is 0 Å². The molecule has 0 bridgehead atoms. The number of ether oxygens (including phenoxy) is 1. The van der Waals surface area contributed by atoms with E-state index >= 15 is 0 Å². The molecule has 0 aliphatic carbocycles. The summed E-state index contributed by atoms with van der Waals surface area (Å²) >= 11 is 0. The van der Waals surface area contributed by atoms with E-state index in [4.69, 9.17) is 4.74 Å². The minimum absolute atomic E-state index is 0.232. The van der Waals surface area contributed by atoms with Crippen molar-refractivity contribution in [3.8, 4) is 0 Å². The lowest BCUT2D eigenvalue weighted by Gasteiger charge is -2.21. The third-order valence-corrected chi connectivity index (χ3v) is 3.26. The van der Waals surface area contributed by atoms with Gasteiger partial charge in [-0.15, -0.1) is 6.58 Å². The second kappa shape index (κ2) is 5.69. The van der Waals surface area contributed by atoms with Gasteiger partial charge in [0.2, 0.25) is 5.91 Å². The molecule has 1 aromatic carbocycles. The van der Waals surface area contributed by atoms with Gasteiger partial charge in [-0.3, -0.25) is 4.79 Å². The molecule has 0 spiro atoms. The van der Waals surface area contributed by atoms with Crippen molar-refractivity contribution in [2.45, 2.75) is 19.4 Å². The Morgan fingerprint density at radius 1 is 1.53 bits per heavy atom. The number of nitrogens with zero attached hydrogens (tertiary/aromatic N) is 1. The molecule has 1 aromatic rings. The predicted octanol–water partition coefficient (Wildman–Crippen LogP) is 2.40. The third-order valence-electron chi connectivity index (χ3n) is 3.26. The Hall–Kier alpha value is -2.10. The number of hydrogen-bond acceptors (Lipinski definition) is 3. The molecule has 2 rings (SSSR count). The molecule has 0 N–H and O–H groups in total. The topological polar surface area (TPSA) is 46.6 Å². The lowest BCUT2D eigenvalue weighted by molar-refractivity contribution is -0.131. The molecule has 1 aliphatic rings. The van der Waals surface area contributed by atoms with Crippen LogP contribution >= 0.6 is 0 Å². The van der Waals surface area contributed by atoms with E-state index in [0.717, 1.165) is 5.56 Å². The van der Waals surface area contributed by atoms with Gasteiger partial charge in [0.25, 0.3) is 0 Å². The number of amides is 2. The lowest BCUT2D eigenvalue weighted by atomic mass is 10.0. The fourth-order valence-electron chi connectivity index (χ4n) is 2.09. The summed E-state index contributed by atoms with van der Waals surface area (Å²) in [6.45, 7) is 5.56. The van der Waals surface area contributed by atoms with Gasteiger partial charge in [0.1, 0.15) is 6.61 Å². The molecule has 19 heavy (non-hydrogen) atoms. The molecule has 1 saturated heterocycles. The van der Waals surface area contributed by atoms with Gasteiger partial charge in [0, 0.05) is 0 Å². The highest BCUT2D eigenvalue weighted by molar-refractivity contribution is 5.95. The van der Waals surface area contributed by atoms with Crippen LogP contribution in [-0.2, 0) is 16.0 Å². The average molecular weight is 259 g/mol. The van der Waals surface area contributed by atoms with Gasteiger partial charge in [0.05, 0.1) is 12.0 Å². The van der Waals surface area contributed by atoms with E-state index < -0.39 is 6.09 Å². The summed E-state index contributed by atoms with van der Waals surface area (Å²) in [5.41, 5.74) is 1.08. The lowest BCUT2D eigenvalue weighted by Crippen LogP contribution is -2.42. The standard InChI is InChI=1S/C15H17NO3/c1-3-11(2)14(17)16-13(10-19-15(16)18)9-12-7-5-4-6-8-12/h3-8,11,13H,1,9-10H2,2H3/t11-,13+/m1/s1. The second-order valence-corrected chi connectivity index (χ2v) is 4.65. The number of benzene rings is 1. The molecule has 1 fully saturated rings. The number of carbonyl (C=O) groups is 2. The Balaban J connectivity index is 2.13. The summed E-state index contributed by atoms with van der Waals surface area (Å²) in [4.78, 5) is 25.0. The highest BCUT2D eigenvalue weighted by atomic mass is 16.6. The maximum absolute atomic E-state index is 12.1. The molecule has 2 amide bonds. The number of cyclic esters (lactones) is 1. The van der Waals surface area contributed by atoms with Crippen molar-refractivity contribution >= 4 is 12.0 Å². The zero-order chi connectivity index (χ0) is 13.8. The molecule has 0 radical (unpaired) electrons. The maximum Gasteiger partial charge on any atom is 0.417 e. The Kier molecular flexibility index (Phi) is 4.00. The van der Waals surface area contributed by atoms with Crippen LogP contribution in [0.4, 0.5) is 4.79 Å². The van der Waals surface area contributed by atoms with Gasteiger partial charge >= 0.3 is 6.09 Å². The zero-order valence-electron chi connectivity index (χ0n) is 10.9. The van der Waals surface area contributed by atoms with Crippen molar-refractivity contribution in [1.82, 2.24) is 4.90 Å². The van der Waals surface area contributed by atoms with Crippen LogP contribution in [0.5, 0.6) is 0 Å². The smallest absolute Gasteiger partial charge is 0.417 e. The molecule has 1 heterocycles. The summed E-state index contributed by atoms with van der Waals surface area (Å²) in [5.74, 6) is -0.637. The van der Waals surface area contributed by atoms with Gasteiger partial charge < -0.3 is 4.74 Å². The van der Waals surface area contributed by atoms with Crippen molar-refractivity contribution in [1.29, 1.82) is 0 Å². The summed E-state index contributed by atoms with van der Waals surface area (Å²) in [7, 11) is 0. The molecule has 100 valence electrons. The largest absolute Gasteiger partial charge is 0.447 e. The average Bonchev–Trinajstić information content (AvgIpc) is 2.79. The predicted molar refractivity (Wildman–Crippen MR) is 71.5 cm³/mol. The monoisotopic (exact) mass is 259 g/mol. The highest BCUT2D eigenvalue weighted by Gasteiger charge is 2.38. The van der Waals surface area contributed by atoms with Crippen molar-refractivity contribution < 1.29 is 14.3 Å². The van der Waals surface area contributed by atoms with Crippen LogP contribution in [0.3, 0.4) is 0 Å². The van der Waals surface area contributed by atoms with Crippen molar-refractivity contribution in [2.24, 2.45) is 5.92 Å². The zero-order valence-corrected chi connectivity index (χ0v) is 10.9. The van der Waals surface area contributed by atoms with Gasteiger partial charge in [-0.05, 0) is 12.0 Å². The molecule has 2 atom stereocenters. The SMILES string of the molecule is C=C[C@@H](C)C(=O)N1C(=O)OC[C@@H]1Cc1ccccc1. The van der Waals surface area contributed by atoms with E-state index in [2.05, 4.69) is 6.58 Å². The van der Waals surface area contributed by atoms with Gasteiger partial charge in [-0.1, -0.05) is 43.3 Å². The number of carbonyl (C=O) groups excluding carboxylic acids is 2. The number of imide groups is 1. The Bertz CT molecular complexity index is 483. The van der Waals surface area contributed by atoms with Crippen LogP contribution in [0.2, 0.25) is 0 Å². The molecule has 4 heteroatoms. The van der Waals surface area contributed by atoms with E-state index in [0.29, 0.717) is 6.42 Å². The number of hydrogen-bond donors (Lipinski definition) is 0. The summed E-state index contributed by atoms with van der Waals surface area (Å²) in [6.07, 6.45) is 1.59. The fraction of sp³-hybridized carbons (Fsp3) is 0.333. The van der Waals surface area contributed by atoms with Crippen LogP contribution in [0.25, 0.3) is 0 Å². The molecular formula is C15H17NO3. The highest BCUT2D eigenvalue weighted by Crippen LogP contribution is 2.20. The second-order valence-electron chi connectivity index (χ2n) is 4.65. The first kappa shape index (κ1) is 13.3. The van der Waals surface area contributed by atoms with E-state index in [1.807, 2.05) is 30.3 Å². The molecule has 0 aromatic heterocycles. The molecular weight excluding hydrogens is 242 g/mol. The summed E-state index contributed by atoms with van der Waals surface area (Å²) in [6, 6.07) is 9.52. The van der Waals surface area contributed by atoms with Gasteiger partial charge in [0.15, 0.2) is 0 Å².